The number of methoxy groups -OCH3 is 1. The van der Waals surface area contributed by atoms with Crippen LogP contribution in [-0.2, 0) is 6.54 Å². The highest BCUT2D eigenvalue weighted by atomic mass is 31.2. The van der Waals surface area contributed by atoms with E-state index >= 15 is 0 Å². The van der Waals surface area contributed by atoms with Crippen LogP contribution in [0.3, 0.4) is 0 Å². The second-order valence-corrected chi connectivity index (χ2v) is 8.94. The van der Waals surface area contributed by atoms with Crippen LogP contribution < -0.4 is 15.2 Å². The predicted molar refractivity (Wildman–Crippen MR) is 115 cm³/mol. The first-order chi connectivity index (χ1) is 13.9. The molecule has 0 amide bonds. The summed E-state index contributed by atoms with van der Waals surface area (Å²) in [6.45, 7) is 2.78. The molecule has 2 aromatic heterocycles. The van der Waals surface area contributed by atoms with Crippen LogP contribution in [0.25, 0.3) is 10.8 Å². The third kappa shape index (κ3) is 5.42. The number of hydrogen-bond acceptors (Lipinski definition) is 8. The Kier molecular flexibility index (Phi) is 7.40. The Labute approximate surface area is 171 Å². The Bertz CT molecular complexity index is 881. The van der Waals surface area contributed by atoms with E-state index in [2.05, 4.69) is 15.0 Å². The van der Waals surface area contributed by atoms with E-state index in [9.17, 15) is 4.79 Å². The van der Waals surface area contributed by atoms with Crippen LogP contribution in [0.5, 0.6) is 5.88 Å². The molecule has 1 saturated heterocycles. The molecule has 2 N–H and O–H groups in total. The summed E-state index contributed by atoms with van der Waals surface area (Å²) in [5.74, 6) is 1.58. The SMILES string of the molecule is COc1cc2cnn(CCN(C)C)c(=O)c2c(N2CCC(CCP(O)O)CC2)n1. The van der Waals surface area contributed by atoms with Crippen LogP contribution in [-0.4, -0.2) is 76.5 Å². The third-order valence-electron chi connectivity index (χ3n) is 5.41. The number of nitrogens with zero attached hydrogens (tertiary/aromatic N) is 5. The summed E-state index contributed by atoms with van der Waals surface area (Å²) in [4.78, 5) is 40.3. The number of fused-ring (bicyclic) bond motifs is 1. The highest BCUT2D eigenvalue weighted by Gasteiger charge is 2.24. The van der Waals surface area contributed by atoms with Gasteiger partial charge in [0.25, 0.3) is 5.56 Å². The summed E-state index contributed by atoms with van der Waals surface area (Å²) in [5, 5.41) is 5.63. The molecule has 1 fully saturated rings. The van der Waals surface area contributed by atoms with Gasteiger partial charge in [-0.05, 0) is 39.3 Å². The maximum atomic E-state index is 13.2. The van der Waals surface area contributed by atoms with Gasteiger partial charge in [-0.15, -0.1) is 0 Å². The number of hydrogen-bond donors (Lipinski definition) is 2. The standard InChI is InChI=1S/C19H30N5O4P/c1-22(2)9-10-24-19(25)17-15(13-20-24)12-16(28-3)21-18(17)23-7-4-14(5-8-23)6-11-29(26)27/h12-14,26-27H,4-11H2,1-3H3. The fourth-order valence-electron chi connectivity index (χ4n) is 3.68. The molecule has 0 atom stereocenters. The van der Waals surface area contributed by atoms with E-state index in [1.54, 1.807) is 19.4 Å². The smallest absolute Gasteiger partial charge is 0.278 e. The van der Waals surface area contributed by atoms with Crippen LogP contribution in [0.15, 0.2) is 17.1 Å². The Balaban J connectivity index is 1.89. The van der Waals surface area contributed by atoms with Gasteiger partial charge in [-0.3, -0.25) is 4.79 Å². The topological polar surface area (TPSA) is 104 Å². The van der Waals surface area contributed by atoms with E-state index in [-0.39, 0.29) is 5.56 Å². The summed E-state index contributed by atoms with van der Waals surface area (Å²) in [5.41, 5.74) is -0.136. The van der Waals surface area contributed by atoms with E-state index in [4.69, 9.17) is 14.5 Å². The Morgan fingerprint density at radius 2 is 2.03 bits per heavy atom. The summed E-state index contributed by atoms with van der Waals surface area (Å²) in [7, 11) is 3.67. The molecule has 1 aliphatic heterocycles. The van der Waals surface area contributed by atoms with Crippen molar-refractivity contribution in [2.24, 2.45) is 5.92 Å². The molecule has 9 nitrogen and oxygen atoms in total. The minimum absolute atomic E-state index is 0.136. The number of ether oxygens (including phenoxy) is 1. The monoisotopic (exact) mass is 423 g/mol. The van der Waals surface area contributed by atoms with Crippen molar-refractivity contribution in [3.05, 3.63) is 22.6 Å². The summed E-state index contributed by atoms with van der Waals surface area (Å²) < 4.78 is 6.85. The fourth-order valence-corrected chi connectivity index (χ4v) is 4.28. The van der Waals surface area contributed by atoms with Gasteiger partial charge in [-0.1, -0.05) is 0 Å². The first-order valence-corrected chi connectivity index (χ1v) is 11.3. The molecule has 3 rings (SSSR count). The van der Waals surface area contributed by atoms with E-state index in [0.29, 0.717) is 35.7 Å². The Morgan fingerprint density at radius 3 is 2.66 bits per heavy atom. The van der Waals surface area contributed by atoms with Crippen molar-refractivity contribution in [1.29, 1.82) is 0 Å². The highest BCUT2D eigenvalue weighted by molar-refractivity contribution is 7.45. The largest absolute Gasteiger partial charge is 0.481 e. The normalized spacial score (nSPS) is 15.6. The van der Waals surface area contributed by atoms with Crippen LogP contribution in [0.1, 0.15) is 19.3 Å². The van der Waals surface area contributed by atoms with Gasteiger partial charge in [0.15, 0.2) is 8.38 Å². The summed E-state index contributed by atoms with van der Waals surface area (Å²) in [6, 6.07) is 1.75. The van der Waals surface area contributed by atoms with Gasteiger partial charge in [0, 0.05) is 37.2 Å². The zero-order valence-corrected chi connectivity index (χ0v) is 18.2. The Morgan fingerprint density at radius 1 is 1.31 bits per heavy atom. The van der Waals surface area contributed by atoms with E-state index in [0.717, 1.165) is 44.3 Å². The second-order valence-electron chi connectivity index (χ2n) is 7.74. The van der Waals surface area contributed by atoms with Crippen molar-refractivity contribution in [2.75, 3.05) is 51.9 Å². The highest BCUT2D eigenvalue weighted by Crippen LogP contribution is 2.32. The quantitative estimate of drug-likeness (QED) is 0.612. The molecule has 0 radical (unpaired) electrons. The Hall–Kier alpha value is -1.80. The van der Waals surface area contributed by atoms with Gasteiger partial charge in [0.2, 0.25) is 5.88 Å². The number of anilines is 1. The summed E-state index contributed by atoms with van der Waals surface area (Å²) in [6.07, 6.45) is 4.85. The molecule has 0 bridgehead atoms. The van der Waals surface area contributed by atoms with E-state index in [1.165, 1.54) is 4.68 Å². The molecule has 160 valence electrons. The average molecular weight is 423 g/mol. The van der Waals surface area contributed by atoms with Crippen molar-refractivity contribution in [3.63, 3.8) is 0 Å². The van der Waals surface area contributed by atoms with Gasteiger partial charge in [0.1, 0.15) is 5.82 Å². The molecule has 0 saturated carbocycles. The van der Waals surface area contributed by atoms with Gasteiger partial charge in [0.05, 0.1) is 25.2 Å². The first kappa shape index (κ1) is 21.9. The number of aromatic nitrogens is 3. The van der Waals surface area contributed by atoms with Crippen LogP contribution in [0.2, 0.25) is 0 Å². The number of rotatable bonds is 8. The molecule has 0 unspecified atom stereocenters. The van der Waals surface area contributed by atoms with Gasteiger partial charge >= 0.3 is 0 Å². The first-order valence-electron chi connectivity index (χ1n) is 9.89. The molecule has 0 aromatic carbocycles. The maximum Gasteiger partial charge on any atom is 0.278 e. The zero-order chi connectivity index (χ0) is 21.0. The third-order valence-corrected chi connectivity index (χ3v) is 6.07. The number of piperidine rings is 1. The molecule has 1 aliphatic rings. The van der Waals surface area contributed by atoms with Crippen molar-refractivity contribution in [1.82, 2.24) is 19.7 Å². The molecular formula is C19H30N5O4P. The van der Waals surface area contributed by atoms with E-state index in [1.807, 2.05) is 19.0 Å². The molecule has 0 spiro atoms. The molecule has 2 aromatic rings. The van der Waals surface area contributed by atoms with Crippen LogP contribution in [0.4, 0.5) is 5.82 Å². The van der Waals surface area contributed by atoms with Crippen molar-refractivity contribution < 1.29 is 14.5 Å². The zero-order valence-electron chi connectivity index (χ0n) is 17.3. The summed E-state index contributed by atoms with van der Waals surface area (Å²) >= 11 is 0. The lowest BCUT2D eigenvalue weighted by atomic mass is 9.94. The second kappa shape index (κ2) is 9.80. The van der Waals surface area contributed by atoms with Crippen LogP contribution >= 0.6 is 8.38 Å². The van der Waals surface area contributed by atoms with Crippen molar-refractivity contribution in [2.45, 2.75) is 25.8 Å². The molecule has 10 heteroatoms. The maximum absolute atomic E-state index is 13.2. The molecule has 29 heavy (non-hydrogen) atoms. The average Bonchev–Trinajstić information content (AvgIpc) is 2.71. The van der Waals surface area contributed by atoms with Crippen molar-refractivity contribution in [3.8, 4) is 5.88 Å². The van der Waals surface area contributed by atoms with Gasteiger partial charge in [-0.2, -0.15) is 10.1 Å². The van der Waals surface area contributed by atoms with Crippen LogP contribution in [0, 0.1) is 5.92 Å². The minimum atomic E-state index is -1.82. The molecule has 3 heterocycles. The lowest BCUT2D eigenvalue weighted by molar-refractivity contribution is 0.368. The van der Waals surface area contributed by atoms with Crippen molar-refractivity contribution >= 4 is 25.0 Å². The lowest BCUT2D eigenvalue weighted by Crippen LogP contribution is -2.36. The molecule has 0 aliphatic carbocycles. The van der Waals surface area contributed by atoms with E-state index < -0.39 is 8.38 Å². The minimum Gasteiger partial charge on any atom is -0.481 e. The molecular weight excluding hydrogens is 393 g/mol. The lowest BCUT2D eigenvalue weighted by Gasteiger charge is -2.33. The fraction of sp³-hybridized carbons (Fsp3) is 0.632. The van der Waals surface area contributed by atoms with Gasteiger partial charge in [-0.25, -0.2) is 4.68 Å². The predicted octanol–water partition coefficient (Wildman–Crippen LogP) is 1.26. The number of pyridine rings is 1. The number of likely N-dealkylation sites (N-methyl/N-ethyl adjacent to an activating group) is 1. The van der Waals surface area contributed by atoms with Gasteiger partial charge < -0.3 is 24.3 Å².